The number of nitrogens with one attached hydrogen (secondary N) is 1. The Bertz CT molecular complexity index is 1220. The Morgan fingerprint density at radius 2 is 1.85 bits per heavy atom. The van der Waals surface area contributed by atoms with Crippen molar-refractivity contribution in [2.24, 2.45) is 5.10 Å². The molecule has 10 nitrogen and oxygen atoms in total. The third-order valence-corrected chi connectivity index (χ3v) is 6.94. The molecule has 11 heteroatoms. The second-order valence-electron chi connectivity index (χ2n) is 10.1. The van der Waals surface area contributed by atoms with Gasteiger partial charge in [-0.2, -0.15) is 5.10 Å². The van der Waals surface area contributed by atoms with Gasteiger partial charge in [0.05, 0.1) is 25.0 Å². The fraction of sp³-hybridized carbons (Fsp3) is 0.464. The quantitative estimate of drug-likeness (QED) is 0.554. The van der Waals surface area contributed by atoms with Crippen molar-refractivity contribution in [2.75, 3.05) is 52.7 Å². The molecular weight excluding hydrogens is 505 g/mol. The average molecular weight is 540 g/mol. The van der Waals surface area contributed by atoms with Gasteiger partial charge >= 0.3 is 6.03 Å². The van der Waals surface area contributed by atoms with Crippen molar-refractivity contribution in [3.8, 4) is 11.5 Å². The van der Waals surface area contributed by atoms with Crippen molar-refractivity contribution < 1.29 is 28.2 Å². The predicted molar refractivity (Wildman–Crippen MR) is 142 cm³/mol. The van der Waals surface area contributed by atoms with Gasteiger partial charge in [-0.05, 0) is 49.2 Å². The molecule has 2 aromatic carbocycles. The summed E-state index contributed by atoms with van der Waals surface area (Å²) in [7, 11) is 0. The first kappa shape index (κ1) is 26.9. The number of hydrogen-bond acceptors (Lipinski definition) is 7. The first-order chi connectivity index (χ1) is 18.9. The lowest BCUT2D eigenvalue weighted by atomic mass is 9.98. The molecule has 0 unspecified atom stereocenters. The van der Waals surface area contributed by atoms with E-state index in [1.165, 1.54) is 17.1 Å². The van der Waals surface area contributed by atoms with Crippen molar-refractivity contribution in [1.29, 1.82) is 0 Å². The summed E-state index contributed by atoms with van der Waals surface area (Å²) in [5.74, 6) is 0.605. The lowest BCUT2D eigenvalue weighted by molar-refractivity contribution is -0.133. The molecule has 0 radical (unpaired) electrons. The summed E-state index contributed by atoms with van der Waals surface area (Å²) < 4.78 is 30.0. The van der Waals surface area contributed by atoms with E-state index in [0.717, 1.165) is 24.2 Å². The van der Waals surface area contributed by atoms with E-state index in [1.54, 1.807) is 17.0 Å². The molecule has 39 heavy (non-hydrogen) atoms. The van der Waals surface area contributed by atoms with Crippen LogP contribution in [0.4, 0.5) is 9.18 Å². The number of morpholine rings is 1. The largest absolute Gasteiger partial charge is 0.454 e. The summed E-state index contributed by atoms with van der Waals surface area (Å²) >= 11 is 0. The molecule has 5 rings (SSSR count). The van der Waals surface area contributed by atoms with Gasteiger partial charge in [0.1, 0.15) is 12.4 Å². The second-order valence-corrected chi connectivity index (χ2v) is 10.1. The number of urea groups is 1. The molecule has 3 aliphatic rings. The number of nitrogens with zero attached hydrogens (tertiary/aromatic N) is 4. The van der Waals surface area contributed by atoms with Gasteiger partial charge in [-0.15, -0.1) is 0 Å². The van der Waals surface area contributed by atoms with Crippen LogP contribution >= 0.6 is 0 Å². The molecule has 1 N–H and O–H groups in total. The first-order valence-corrected chi connectivity index (χ1v) is 13.3. The van der Waals surface area contributed by atoms with Crippen LogP contribution in [0.3, 0.4) is 0 Å². The minimum absolute atomic E-state index is 0.0743. The highest BCUT2D eigenvalue weighted by Crippen LogP contribution is 2.39. The van der Waals surface area contributed by atoms with Crippen LogP contribution in [0.2, 0.25) is 0 Å². The molecule has 0 saturated carbocycles. The smallest absolute Gasteiger partial charge is 0.318 e. The Kier molecular flexibility index (Phi) is 8.27. The number of benzene rings is 2. The number of hydrazone groups is 1. The standard InChI is InChI=1S/C28H34FN5O5/c1-19(2)30-28(36)33(10-9-32-11-13-37-14-12-32)17-27(35)34-24(21-5-8-25-26(15-21)39-18-38-25)16-23(31-34)20-3-6-22(29)7-4-20/h3-8,15,19,24H,9-14,16-18H2,1-2H3,(H,30,36)/t24-/m0/s1. The molecule has 3 heterocycles. The maximum absolute atomic E-state index is 13.8. The van der Waals surface area contributed by atoms with Gasteiger partial charge in [0, 0.05) is 38.6 Å². The van der Waals surface area contributed by atoms with Gasteiger partial charge in [0.25, 0.3) is 5.91 Å². The second kappa shape index (κ2) is 12.0. The van der Waals surface area contributed by atoms with Gasteiger partial charge in [-0.3, -0.25) is 9.69 Å². The lowest BCUT2D eigenvalue weighted by Crippen LogP contribution is -2.50. The zero-order valence-corrected chi connectivity index (χ0v) is 22.3. The number of ether oxygens (including phenoxy) is 3. The van der Waals surface area contributed by atoms with E-state index in [-0.39, 0.29) is 37.1 Å². The summed E-state index contributed by atoms with van der Waals surface area (Å²) in [5.41, 5.74) is 2.23. The first-order valence-electron chi connectivity index (χ1n) is 13.3. The molecule has 0 bridgehead atoms. The molecule has 1 saturated heterocycles. The van der Waals surface area contributed by atoms with E-state index in [2.05, 4.69) is 15.3 Å². The lowest BCUT2D eigenvalue weighted by Gasteiger charge is -2.31. The number of halogens is 1. The molecule has 3 amide bonds. The monoisotopic (exact) mass is 539 g/mol. The topological polar surface area (TPSA) is 95.9 Å². The molecule has 0 aromatic heterocycles. The molecule has 2 aromatic rings. The van der Waals surface area contributed by atoms with Gasteiger partial charge in [-0.1, -0.05) is 18.2 Å². The summed E-state index contributed by atoms with van der Waals surface area (Å²) in [5, 5.41) is 9.04. The van der Waals surface area contributed by atoms with Crippen molar-refractivity contribution >= 4 is 17.6 Å². The molecule has 0 aliphatic carbocycles. The summed E-state index contributed by atoms with van der Waals surface area (Å²) in [6, 6.07) is 10.8. The number of carbonyl (C=O) groups excluding carboxylic acids is 2. The molecule has 0 spiro atoms. The van der Waals surface area contributed by atoms with E-state index in [1.807, 2.05) is 32.0 Å². The van der Waals surface area contributed by atoms with E-state index < -0.39 is 6.04 Å². The minimum Gasteiger partial charge on any atom is -0.454 e. The number of hydrogen-bond donors (Lipinski definition) is 1. The van der Waals surface area contributed by atoms with Gasteiger partial charge < -0.3 is 24.4 Å². The number of amides is 3. The van der Waals surface area contributed by atoms with Crippen molar-refractivity contribution in [2.45, 2.75) is 32.4 Å². The Labute approximate surface area is 227 Å². The van der Waals surface area contributed by atoms with Crippen LogP contribution in [0.1, 0.15) is 37.4 Å². The summed E-state index contributed by atoms with van der Waals surface area (Å²) in [6.45, 7) is 7.70. The van der Waals surface area contributed by atoms with Gasteiger partial charge in [0.15, 0.2) is 11.5 Å². The molecule has 3 aliphatic heterocycles. The van der Waals surface area contributed by atoms with Crippen molar-refractivity contribution in [3.63, 3.8) is 0 Å². The maximum Gasteiger partial charge on any atom is 0.318 e. The normalized spacial score (nSPS) is 18.8. The van der Waals surface area contributed by atoms with Crippen LogP contribution in [0.5, 0.6) is 11.5 Å². The van der Waals surface area contributed by atoms with E-state index in [9.17, 15) is 14.0 Å². The Morgan fingerprint density at radius 3 is 2.59 bits per heavy atom. The minimum atomic E-state index is -0.415. The van der Waals surface area contributed by atoms with E-state index in [4.69, 9.17) is 14.2 Å². The summed E-state index contributed by atoms with van der Waals surface area (Å²) in [4.78, 5) is 30.6. The molecule has 208 valence electrons. The highest BCUT2D eigenvalue weighted by Gasteiger charge is 2.35. The number of rotatable bonds is 8. The van der Waals surface area contributed by atoms with Crippen LogP contribution < -0.4 is 14.8 Å². The van der Waals surface area contributed by atoms with Gasteiger partial charge in [-0.25, -0.2) is 14.2 Å². The number of carbonyl (C=O) groups is 2. The van der Waals surface area contributed by atoms with Crippen LogP contribution in [0.15, 0.2) is 47.6 Å². The van der Waals surface area contributed by atoms with Crippen molar-refractivity contribution in [3.05, 3.63) is 59.4 Å². The zero-order valence-electron chi connectivity index (χ0n) is 22.3. The molecule has 1 fully saturated rings. The Morgan fingerprint density at radius 1 is 1.10 bits per heavy atom. The third kappa shape index (κ3) is 6.48. The van der Waals surface area contributed by atoms with Crippen LogP contribution in [0, 0.1) is 5.82 Å². The van der Waals surface area contributed by atoms with Gasteiger partial charge in [0.2, 0.25) is 6.79 Å². The zero-order chi connectivity index (χ0) is 27.4. The maximum atomic E-state index is 13.8. The van der Waals surface area contributed by atoms with Crippen LogP contribution in [0.25, 0.3) is 0 Å². The van der Waals surface area contributed by atoms with Crippen molar-refractivity contribution in [1.82, 2.24) is 20.1 Å². The highest BCUT2D eigenvalue weighted by atomic mass is 19.1. The van der Waals surface area contributed by atoms with Crippen LogP contribution in [-0.4, -0.2) is 91.2 Å². The molecular formula is C28H34FN5O5. The number of fused-ring (bicyclic) bond motifs is 1. The predicted octanol–water partition coefficient (Wildman–Crippen LogP) is 2.98. The average Bonchev–Trinajstić information content (AvgIpc) is 3.59. The highest BCUT2D eigenvalue weighted by molar-refractivity contribution is 6.03. The Hall–Kier alpha value is -3.70. The van der Waals surface area contributed by atoms with Crippen LogP contribution in [-0.2, 0) is 9.53 Å². The fourth-order valence-corrected chi connectivity index (χ4v) is 4.85. The SMILES string of the molecule is CC(C)NC(=O)N(CCN1CCOCC1)CC(=O)N1N=C(c2ccc(F)cc2)C[C@H]1c1ccc2c(c1)OCO2. The fourth-order valence-electron chi connectivity index (χ4n) is 4.85. The molecule has 1 atom stereocenters. The Balaban J connectivity index is 1.38. The third-order valence-electron chi connectivity index (χ3n) is 6.94. The van der Waals surface area contributed by atoms with E-state index in [0.29, 0.717) is 49.9 Å². The summed E-state index contributed by atoms with van der Waals surface area (Å²) in [6.07, 6.45) is 0.434. The van der Waals surface area contributed by atoms with E-state index >= 15 is 0 Å².